The lowest BCUT2D eigenvalue weighted by Crippen LogP contribution is -2.34. The van der Waals surface area contributed by atoms with Gasteiger partial charge in [-0.25, -0.2) is 0 Å². The number of aliphatic hydroxyl groups is 1. The average molecular weight is 249 g/mol. The van der Waals surface area contributed by atoms with Gasteiger partial charge in [-0.1, -0.05) is 37.6 Å². The lowest BCUT2D eigenvalue weighted by atomic mass is 9.90. The topological polar surface area (TPSA) is 32.3 Å². The number of hydrogen-bond donors (Lipinski definition) is 2. The highest BCUT2D eigenvalue weighted by molar-refractivity contribution is 5.31. The molecule has 0 radical (unpaired) electrons. The minimum absolute atomic E-state index is 0.474. The molecule has 1 aromatic carbocycles. The molecule has 2 nitrogen and oxygen atoms in total. The van der Waals surface area contributed by atoms with Crippen molar-refractivity contribution >= 4 is 0 Å². The van der Waals surface area contributed by atoms with Gasteiger partial charge in [-0.05, 0) is 44.9 Å². The summed E-state index contributed by atoms with van der Waals surface area (Å²) in [6.45, 7) is 11.2. The van der Waals surface area contributed by atoms with E-state index in [0.717, 1.165) is 19.4 Å². The smallest absolute Gasteiger partial charge is 0.0672 e. The van der Waals surface area contributed by atoms with Crippen LogP contribution in [-0.4, -0.2) is 23.3 Å². The Balaban J connectivity index is 2.61. The van der Waals surface area contributed by atoms with Crippen LogP contribution in [0.5, 0.6) is 0 Å². The van der Waals surface area contributed by atoms with Gasteiger partial charge in [0.2, 0.25) is 0 Å². The highest BCUT2D eigenvalue weighted by atomic mass is 16.3. The molecule has 1 aromatic rings. The van der Waals surface area contributed by atoms with E-state index in [2.05, 4.69) is 51.2 Å². The van der Waals surface area contributed by atoms with E-state index >= 15 is 0 Å². The molecule has 18 heavy (non-hydrogen) atoms. The van der Waals surface area contributed by atoms with Crippen LogP contribution < -0.4 is 5.32 Å². The first-order valence-electron chi connectivity index (χ1n) is 6.82. The quantitative estimate of drug-likeness (QED) is 0.812. The van der Waals surface area contributed by atoms with Crippen molar-refractivity contribution in [3.8, 4) is 0 Å². The lowest BCUT2D eigenvalue weighted by Gasteiger charge is -2.25. The van der Waals surface area contributed by atoms with E-state index in [1.165, 1.54) is 16.7 Å². The number of hydrogen-bond acceptors (Lipinski definition) is 2. The molecule has 0 heterocycles. The fourth-order valence-corrected chi connectivity index (χ4v) is 2.12. The van der Waals surface area contributed by atoms with Gasteiger partial charge >= 0.3 is 0 Å². The zero-order chi connectivity index (χ0) is 13.8. The van der Waals surface area contributed by atoms with Crippen molar-refractivity contribution in [3.05, 3.63) is 34.9 Å². The summed E-state index contributed by atoms with van der Waals surface area (Å²) in [5.74, 6) is 0. The summed E-state index contributed by atoms with van der Waals surface area (Å²) in [5.41, 5.74) is 3.13. The predicted octanol–water partition coefficient (Wildman–Crippen LogP) is 2.99. The van der Waals surface area contributed by atoms with E-state index in [1.807, 2.05) is 6.92 Å². The number of nitrogens with one attached hydrogen (secondary N) is 1. The molecule has 2 N–H and O–H groups in total. The molecule has 102 valence electrons. The van der Waals surface area contributed by atoms with E-state index in [1.54, 1.807) is 0 Å². The molecule has 0 saturated heterocycles. The number of aryl methyl sites for hydroxylation is 2. The standard InChI is InChI=1S/C16H27NO/c1-12(2)17-9-8-16(5,18)11-15-10-13(3)6-7-14(15)4/h6-7,10,12,17-18H,8-9,11H2,1-5H3. The fourth-order valence-electron chi connectivity index (χ4n) is 2.12. The maximum Gasteiger partial charge on any atom is 0.0672 e. The van der Waals surface area contributed by atoms with E-state index in [0.29, 0.717) is 6.04 Å². The zero-order valence-corrected chi connectivity index (χ0v) is 12.4. The minimum atomic E-state index is -0.638. The third-order valence-corrected chi connectivity index (χ3v) is 3.29. The van der Waals surface area contributed by atoms with Gasteiger partial charge < -0.3 is 10.4 Å². The molecular weight excluding hydrogens is 222 g/mol. The first-order chi connectivity index (χ1) is 8.30. The SMILES string of the molecule is Cc1ccc(C)c(CC(C)(O)CCNC(C)C)c1. The Morgan fingerprint density at radius 1 is 1.28 bits per heavy atom. The van der Waals surface area contributed by atoms with Gasteiger partial charge in [0.05, 0.1) is 5.60 Å². The van der Waals surface area contributed by atoms with Gasteiger partial charge in [-0.3, -0.25) is 0 Å². The Kier molecular flexibility index (Phi) is 5.36. The molecular formula is C16H27NO. The summed E-state index contributed by atoms with van der Waals surface area (Å²) in [6.07, 6.45) is 1.50. The van der Waals surface area contributed by atoms with Crippen LogP contribution >= 0.6 is 0 Å². The second-order valence-electron chi connectivity index (χ2n) is 5.96. The van der Waals surface area contributed by atoms with Crippen LogP contribution in [-0.2, 0) is 6.42 Å². The molecule has 0 aromatic heterocycles. The van der Waals surface area contributed by atoms with Gasteiger partial charge in [0.25, 0.3) is 0 Å². The van der Waals surface area contributed by atoms with E-state index < -0.39 is 5.60 Å². The van der Waals surface area contributed by atoms with Gasteiger partial charge in [-0.15, -0.1) is 0 Å². The van der Waals surface area contributed by atoms with Gasteiger partial charge in [0, 0.05) is 12.5 Å². The molecule has 1 rings (SSSR count). The van der Waals surface area contributed by atoms with Crippen molar-refractivity contribution < 1.29 is 5.11 Å². The van der Waals surface area contributed by atoms with Crippen molar-refractivity contribution in [2.24, 2.45) is 0 Å². The molecule has 0 bridgehead atoms. The molecule has 2 heteroatoms. The van der Waals surface area contributed by atoms with Crippen molar-refractivity contribution in [3.63, 3.8) is 0 Å². The van der Waals surface area contributed by atoms with Crippen molar-refractivity contribution in [2.45, 2.75) is 59.1 Å². The number of rotatable bonds is 6. The van der Waals surface area contributed by atoms with Gasteiger partial charge in [0.1, 0.15) is 0 Å². The Morgan fingerprint density at radius 2 is 1.94 bits per heavy atom. The molecule has 1 unspecified atom stereocenters. The van der Waals surface area contributed by atoms with Crippen LogP contribution in [0.2, 0.25) is 0 Å². The summed E-state index contributed by atoms with van der Waals surface area (Å²) < 4.78 is 0. The zero-order valence-electron chi connectivity index (χ0n) is 12.4. The number of benzene rings is 1. The van der Waals surface area contributed by atoms with E-state index in [9.17, 15) is 5.11 Å². The second kappa shape index (κ2) is 6.35. The van der Waals surface area contributed by atoms with Crippen LogP contribution in [0.15, 0.2) is 18.2 Å². The van der Waals surface area contributed by atoms with Gasteiger partial charge in [0.15, 0.2) is 0 Å². The largest absolute Gasteiger partial charge is 0.390 e. The summed E-state index contributed by atoms with van der Waals surface area (Å²) in [7, 11) is 0. The highest BCUT2D eigenvalue weighted by Gasteiger charge is 2.21. The molecule has 0 amide bonds. The highest BCUT2D eigenvalue weighted by Crippen LogP contribution is 2.20. The Morgan fingerprint density at radius 3 is 2.56 bits per heavy atom. The first kappa shape index (κ1) is 15.2. The normalized spacial score (nSPS) is 14.8. The van der Waals surface area contributed by atoms with Crippen molar-refractivity contribution in [1.82, 2.24) is 5.32 Å². The maximum absolute atomic E-state index is 10.5. The minimum Gasteiger partial charge on any atom is -0.390 e. The summed E-state index contributed by atoms with van der Waals surface area (Å²) in [5, 5.41) is 13.8. The summed E-state index contributed by atoms with van der Waals surface area (Å²) >= 11 is 0. The molecule has 0 saturated carbocycles. The lowest BCUT2D eigenvalue weighted by molar-refractivity contribution is 0.0509. The Hall–Kier alpha value is -0.860. The van der Waals surface area contributed by atoms with Crippen LogP contribution in [0.4, 0.5) is 0 Å². The monoisotopic (exact) mass is 249 g/mol. The molecule has 1 atom stereocenters. The first-order valence-corrected chi connectivity index (χ1v) is 6.82. The Bertz CT molecular complexity index is 383. The van der Waals surface area contributed by atoms with Crippen LogP contribution in [0.3, 0.4) is 0 Å². The molecule has 0 fully saturated rings. The van der Waals surface area contributed by atoms with Crippen molar-refractivity contribution in [2.75, 3.05) is 6.54 Å². The van der Waals surface area contributed by atoms with Gasteiger partial charge in [-0.2, -0.15) is 0 Å². The van der Waals surface area contributed by atoms with E-state index in [-0.39, 0.29) is 0 Å². The average Bonchev–Trinajstić information content (AvgIpc) is 2.22. The second-order valence-corrected chi connectivity index (χ2v) is 5.96. The van der Waals surface area contributed by atoms with Crippen LogP contribution in [0.25, 0.3) is 0 Å². The summed E-state index contributed by atoms with van der Waals surface area (Å²) in [6, 6.07) is 6.90. The maximum atomic E-state index is 10.5. The molecule has 0 aliphatic rings. The third kappa shape index (κ3) is 5.19. The molecule has 0 spiro atoms. The fraction of sp³-hybridized carbons (Fsp3) is 0.625. The molecule has 0 aliphatic heterocycles. The van der Waals surface area contributed by atoms with E-state index in [4.69, 9.17) is 0 Å². The third-order valence-electron chi connectivity index (χ3n) is 3.29. The predicted molar refractivity (Wildman–Crippen MR) is 78.0 cm³/mol. The van der Waals surface area contributed by atoms with Crippen LogP contribution in [0.1, 0.15) is 43.9 Å². The van der Waals surface area contributed by atoms with Crippen LogP contribution in [0, 0.1) is 13.8 Å². The van der Waals surface area contributed by atoms with Crippen molar-refractivity contribution in [1.29, 1.82) is 0 Å². The summed E-state index contributed by atoms with van der Waals surface area (Å²) in [4.78, 5) is 0. The Labute approximate surface area is 111 Å². The molecule has 0 aliphatic carbocycles.